The molecule has 1 aliphatic carbocycles. The lowest BCUT2D eigenvalue weighted by Crippen LogP contribution is -2.42. The number of rotatable bonds is 9. The monoisotopic (exact) mass is 416 g/mol. The number of amides is 1. The van der Waals surface area contributed by atoms with E-state index in [0.717, 1.165) is 55.9 Å². The summed E-state index contributed by atoms with van der Waals surface area (Å²) in [5, 5.41) is 6.04. The molecule has 2 aromatic heterocycles. The second-order valence-electron chi connectivity index (χ2n) is 7.74. The van der Waals surface area contributed by atoms with Crippen LogP contribution in [0.3, 0.4) is 0 Å². The molecule has 7 heteroatoms. The van der Waals surface area contributed by atoms with Crippen LogP contribution in [0.1, 0.15) is 37.8 Å². The molecule has 1 fully saturated rings. The van der Waals surface area contributed by atoms with Gasteiger partial charge in [-0.3, -0.25) is 4.79 Å². The summed E-state index contributed by atoms with van der Waals surface area (Å²) in [7, 11) is 0. The number of ether oxygens (including phenoxy) is 2. The van der Waals surface area contributed by atoms with E-state index in [0.29, 0.717) is 18.2 Å². The van der Waals surface area contributed by atoms with Crippen LogP contribution in [0.2, 0.25) is 0 Å². The van der Waals surface area contributed by atoms with Gasteiger partial charge in [-0.2, -0.15) is 0 Å². The quantitative estimate of drug-likeness (QED) is 0.571. The van der Waals surface area contributed by atoms with E-state index in [1.807, 2.05) is 28.5 Å². The fourth-order valence-corrected chi connectivity index (χ4v) is 4.57. The molecule has 0 aromatic carbocycles. The van der Waals surface area contributed by atoms with E-state index in [4.69, 9.17) is 14.0 Å². The van der Waals surface area contributed by atoms with Gasteiger partial charge in [-0.15, -0.1) is 11.3 Å². The van der Waals surface area contributed by atoms with Crippen LogP contribution in [0.5, 0.6) is 0 Å². The van der Waals surface area contributed by atoms with Crippen molar-refractivity contribution in [2.24, 2.45) is 5.92 Å². The molecular weight excluding hydrogens is 388 g/mol. The van der Waals surface area contributed by atoms with Crippen molar-refractivity contribution < 1.29 is 18.8 Å². The van der Waals surface area contributed by atoms with Gasteiger partial charge in [0.2, 0.25) is 5.91 Å². The Morgan fingerprint density at radius 1 is 1.31 bits per heavy atom. The van der Waals surface area contributed by atoms with Crippen LogP contribution < -0.4 is 0 Å². The van der Waals surface area contributed by atoms with Crippen molar-refractivity contribution in [3.63, 3.8) is 0 Å². The predicted molar refractivity (Wildman–Crippen MR) is 112 cm³/mol. The maximum atomic E-state index is 12.9. The first-order valence-electron chi connectivity index (χ1n) is 10.4. The third-order valence-electron chi connectivity index (χ3n) is 5.46. The van der Waals surface area contributed by atoms with Crippen molar-refractivity contribution in [1.29, 1.82) is 0 Å². The predicted octanol–water partition coefficient (Wildman–Crippen LogP) is 4.28. The van der Waals surface area contributed by atoms with Crippen LogP contribution in [0.4, 0.5) is 0 Å². The Morgan fingerprint density at radius 3 is 3.03 bits per heavy atom. The van der Waals surface area contributed by atoms with Gasteiger partial charge in [-0.1, -0.05) is 23.4 Å². The summed E-state index contributed by atoms with van der Waals surface area (Å²) in [4.78, 5) is 15.8. The zero-order valence-corrected chi connectivity index (χ0v) is 17.4. The summed E-state index contributed by atoms with van der Waals surface area (Å²) < 4.78 is 16.8. The highest BCUT2D eigenvalue weighted by molar-refractivity contribution is 7.13. The molecule has 29 heavy (non-hydrogen) atoms. The van der Waals surface area contributed by atoms with Crippen molar-refractivity contribution in [2.75, 3.05) is 26.3 Å². The van der Waals surface area contributed by atoms with Crippen molar-refractivity contribution in [3.8, 4) is 10.6 Å². The minimum absolute atomic E-state index is 0.0250. The molecule has 0 saturated carbocycles. The molecule has 6 nitrogen and oxygen atoms in total. The lowest BCUT2D eigenvalue weighted by Gasteiger charge is -2.30. The maximum Gasteiger partial charge on any atom is 0.248 e. The Morgan fingerprint density at radius 2 is 2.28 bits per heavy atom. The average molecular weight is 417 g/mol. The van der Waals surface area contributed by atoms with Gasteiger partial charge < -0.3 is 18.9 Å². The van der Waals surface area contributed by atoms with Gasteiger partial charge in [0, 0.05) is 25.8 Å². The van der Waals surface area contributed by atoms with Crippen LogP contribution in [0, 0.1) is 5.92 Å². The molecule has 1 amide bonds. The SMILES string of the molecule is O=C(COCc1cc(-c2cccs2)on1)N(C[C@@H]1CC=CCC1)C[C@@H]1CCCO1. The van der Waals surface area contributed by atoms with Crippen LogP contribution in [-0.4, -0.2) is 48.4 Å². The lowest BCUT2D eigenvalue weighted by atomic mass is 9.94. The summed E-state index contributed by atoms with van der Waals surface area (Å²) in [6.07, 6.45) is 10.00. The fraction of sp³-hybridized carbons (Fsp3) is 0.545. The molecule has 0 spiro atoms. The van der Waals surface area contributed by atoms with Crippen LogP contribution >= 0.6 is 11.3 Å². The maximum absolute atomic E-state index is 12.9. The standard InChI is InChI=1S/C22H28N2O4S/c25-22(16-26-15-18-12-20(28-23-18)21-9-5-11-29-21)24(14-19-8-4-10-27-19)13-17-6-2-1-3-7-17/h1-2,5,9,11-12,17,19H,3-4,6-8,10,13-16H2/t17-,19+/m1/s1. The Hall–Kier alpha value is -1.96. The number of carbonyl (C=O) groups excluding carboxylic acids is 1. The highest BCUT2D eigenvalue weighted by Crippen LogP contribution is 2.25. The number of hydrogen-bond donors (Lipinski definition) is 0. The van der Waals surface area contributed by atoms with E-state index in [2.05, 4.69) is 17.3 Å². The van der Waals surface area contributed by atoms with E-state index in [1.165, 1.54) is 0 Å². The number of aromatic nitrogens is 1. The molecule has 2 aliphatic rings. The van der Waals surface area contributed by atoms with Crippen LogP contribution in [0.25, 0.3) is 10.6 Å². The summed E-state index contributed by atoms with van der Waals surface area (Å²) in [6, 6.07) is 5.83. The number of allylic oxidation sites excluding steroid dienone is 2. The van der Waals surface area contributed by atoms with Crippen LogP contribution in [0.15, 0.2) is 40.3 Å². The highest BCUT2D eigenvalue weighted by Gasteiger charge is 2.25. The minimum Gasteiger partial charge on any atom is -0.376 e. The summed E-state index contributed by atoms with van der Waals surface area (Å²) in [5.74, 6) is 1.28. The third kappa shape index (κ3) is 5.78. The molecule has 0 unspecified atom stereocenters. The largest absolute Gasteiger partial charge is 0.376 e. The average Bonchev–Trinajstić information content (AvgIpc) is 3.50. The Balaban J connectivity index is 1.29. The van der Waals surface area contributed by atoms with Gasteiger partial charge >= 0.3 is 0 Å². The highest BCUT2D eigenvalue weighted by atomic mass is 32.1. The Labute approximate surface area is 175 Å². The first-order chi connectivity index (χ1) is 14.3. The number of thiophene rings is 1. The van der Waals surface area contributed by atoms with Gasteiger partial charge in [0.25, 0.3) is 0 Å². The molecule has 0 radical (unpaired) electrons. The zero-order chi connectivity index (χ0) is 19.9. The lowest BCUT2D eigenvalue weighted by molar-refractivity contribution is -0.139. The Bertz CT molecular complexity index is 796. The van der Waals surface area contributed by atoms with Crippen molar-refractivity contribution in [1.82, 2.24) is 10.1 Å². The molecule has 4 rings (SSSR count). The summed E-state index contributed by atoms with van der Waals surface area (Å²) in [6.45, 7) is 2.55. The number of hydrogen-bond acceptors (Lipinski definition) is 6. The topological polar surface area (TPSA) is 64.8 Å². The summed E-state index contributed by atoms with van der Waals surface area (Å²) in [5.41, 5.74) is 0.698. The molecule has 1 aliphatic heterocycles. The van der Waals surface area contributed by atoms with Gasteiger partial charge in [0.05, 0.1) is 17.6 Å². The third-order valence-corrected chi connectivity index (χ3v) is 6.34. The fourth-order valence-electron chi connectivity index (χ4n) is 3.90. The second-order valence-corrected chi connectivity index (χ2v) is 8.68. The normalized spacial score (nSPS) is 21.5. The molecular formula is C22H28N2O4S. The van der Waals surface area contributed by atoms with Crippen molar-refractivity contribution in [2.45, 2.75) is 44.8 Å². The van der Waals surface area contributed by atoms with E-state index in [-0.39, 0.29) is 25.2 Å². The van der Waals surface area contributed by atoms with E-state index in [9.17, 15) is 4.79 Å². The van der Waals surface area contributed by atoms with Gasteiger partial charge in [-0.25, -0.2) is 0 Å². The molecule has 1 saturated heterocycles. The number of nitrogens with zero attached hydrogens (tertiary/aromatic N) is 2. The smallest absolute Gasteiger partial charge is 0.248 e. The first kappa shape index (κ1) is 20.3. The Kier molecular flexibility index (Phi) is 7.14. The van der Waals surface area contributed by atoms with E-state index in [1.54, 1.807) is 11.3 Å². The van der Waals surface area contributed by atoms with E-state index < -0.39 is 0 Å². The second kappa shape index (κ2) is 10.2. The van der Waals surface area contributed by atoms with Gasteiger partial charge in [0.15, 0.2) is 5.76 Å². The van der Waals surface area contributed by atoms with Crippen LogP contribution in [-0.2, 0) is 20.9 Å². The minimum atomic E-state index is 0.0250. The van der Waals surface area contributed by atoms with Gasteiger partial charge in [0.1, 0.15) is 12.3 Å². The van der Waals surface area contributed by atoms with E-state index >= 15 is 0 Å². The molecule has 0 bridgehead atoms. The van der Waals surface area contributed by atoms with Gasteiger partial charge in [-0.05, 0) is 49.5 Å². The molecule has 3 heterocycles. The van der Waals surface area contributed by atoms with Crippen molar-refractivity contribution >= 4 is 17.2 Å². The molecule has 156 valence electrons. The molecule has 2 atom stereocenters. The number of carbonyl (C=O) groups is 1. The van der Waals surface area contributed by atoms with Crippen molar-refractivity contribution in [3.05, 3.63) is 41.4 Å². The molecule has 2 aromatic rings. The first-order valence-corrected chi connectivity index (χ1v) is 11.3. The summed E-state index contributed by atoms with van der Waals surface area (Å²) >= 11 is 1.60. The molecule has 0 N–H and O–H groups in total. The zero-order valence-electron chi connectivity index (χ0n) is 16.6.